The van der Waals surface area contributed by atoms with E-state index in [1.54, 1.807) is 0 Å². The minimum Gasteiger partial charge on any atom is -0.294 e. The van der Waals surface area contributed by atoms with Gasteiger partial charge in [-0.05, 0) is 0 Å². The van der Waals surface area contributed by atoms with Crippen molar-refractivity contribution in [2.45, 2.75) is 20.0 Å². The summed E-state index contributed by atoms with van der Waals surface area (Å²) in [6.45, 7) is 2.54. The van der Waals surface area contributed by atoms with Crippen molar-refractivity contribution >= 4 is 5.91 Å². The molecule has 52 valence electrons. The normalized spacial score (nSPS) is 12.2. The smallest absolute Gasteiger partial charge is 0.284 e. The minimum atomic E-state index is -0.984. The quantitative estimate of drug-likeness (QED) is 0.320. The first-order valence-electron chi connectivity index (χ1n) is 2.44. The van der Waals surface area contributed by atoms with Crippen molar-refractivity contribution in [1.82, 2.24) is 5.32 Å². The van der Waals surface area contributed by atoms with Crippen LogP contribution in [0.5, 0.6) is 0 Å². The molecule has 5 heteroatoms. The van der Waals surface area contributed by atoms with Crippen LogP contribution in [0.25, 0.3) is 0 Å². The molecular weight excluding hydrogens is 124 g/mol. The number of hydrogen-bond acceptors (Lipinski definition) is 3. The highest BCUT2D eigenvalue weighted by atomic mass is 16.6. The summed E-state index contributed by atoms with van der Waals surface area (Å²) in [4.78, 5) is 19.4. The van der Waals surface area contributed by atoms with E-state index in [4.69, 9.17) is 0 Å². The van der Waals surface area contributed by atoms with Gasteiger partial charge < -0.3 is 0 Å². The Labute approximate surface area is 52.2 Å². The van der Waals surface area contributed by atoms with Crippen LogP contribution in [0.15, 0.2) is 0 Å². The Bertz CT molecular complexity index is 134. The molecule has 9 heavy (non-hydrogen) atoms. The zero-order valence-electron chi connectivity index (χ0n) is 5.25. The van der Waals surface area contributed by atoms with Gasteiger partial charge >= 0.3 is 0 Å². The highest BCUT2D eigenvalue weighted by molar-refractivity contribution is 5.72. The number of hydrogen-bond donors (Lipinski definition) is 1. The van der Waals surface area contributed by atoms with E-state index < -0.39 is 11.1 Å². The molecule has 0 radical (unpaired) electrons. The molecule has 0 aromatic heterocycles. The van der Waals surface area contributed by atoms with E-state index in [1.165, 1.54) is 13.8 Å². The molecule has 0 saturated heterocycles. The van der Waals surface area contributed by atoms with Crippen LogP contribution in [0.2, 0.25) is 0 Å². The average molecular weight is 132 g/mol. The highest BCUT2D eigenvalue weighted by Gasteiger charge is 2.11. The van der Waals surface area contributed by atoms with Crippen molar-refractivity contribution < 1.29 is 9.72 Å². The van der Waals surface area contributed by atoms with Gasteiger partial charge in [0.25, 0.3) is 6.17 Å². The molecule has 0 fully saturated rings. The van der Waals surface area contributed by atoms with Crippen molar-refractivity contribution in [3.63, 3.8) is 0 Å². The third kappa shape index (κ3) is 3.45. The number of nitrogens with zero attached hydrogens (tertiary/aromatic N) is 1. The average Bonchev–Trinajstić information content (AvgIpc) is 1.63. The lowest BCUT2D eigenvalue weighted by atomic mass is 10.5. The van der Waals surface area contributed by atoms with Gasteiger partial charge in [0.2, 0.25) is 5.91 Å². The first kappa shape index (κ1) is 7.87. The number of rotatable bonds is 2. The van der Waals surface area contributed by atoms with Gasteiger partial charge in [-0.2, -0.15) is 0 Å². The van der Waals surface area contributed by atoms with E-state index in [0.29, 0.717) is 0 Å². The molecule has 1 atom stereocenters. The van der Waals surface area contributed by atoms with Crippen molar-refractivity contribution in [1.29, 1.82) is 0 Å². The lowest BCUT2D eigenvalue weighted by Gasteiger charge is -2.01. The van der Waals surface area contributed by atoms with E-state index in [9.17, 15) is 14.9 Å². The number of carbonyl (C=O) groups excluding carboxylic acids is 1. The van der Waals surface area contributed by atoms with Gasteiger partial charge in [-0.3, -0.25) is 20.2 Å². The minimum absolute atomic E-state index is 0.390. The Balaban J connectivity index is 3.63. The number of nitrogens with one attached hydrogen (secondary N) is 1. The Morgan fingerprint density at radius 3 is 2.33 bits per heavy atom. The second-order valence-electron chi connectivity index (χ2n) is 1.66. The molecular formula is C4H8N2O3. The molecule has 0 saturated carbocycles. The van der Waals surface area contributed by atoms with E-state index in [1.807, 2.05) is 0 Å². The van der Waals surface area contributed by atoms with Crippen molar-refractivity contribution in [2.75, 3.05) is 0 Å². The largest absolute Gasteiger partial charge is 0.294 e. The standard InChI is InChI=1S/C4H8N2O3/c1-3(6(8)9)5-4(2)7/h3H,1-2H3,(H,5,7). The fourth-order valence-electron chi connectivity index (χ4n) is 0.347. The molecule has 1 N–H and O–H groups in total. The molecule has 1 amide bonds. The number of carbonyl (C=O) groups is 1. The summed E-state index contributed by atoms with van der Waals surface area (Å²) in [7, 11) is 0. The third-order valence-electron chi connectivity index (χ3n) is 0.728. The van der Waals surface area contributed by atoms with E-state index >= 15 is 0 Å². The monoisotopic (exact) mass is 132 g/mol. The second kappa shape index (κ2) is 3.01. The topological polar surface area (TPSA) is 72.2 Å². The third-order valence-corrected chi connectivity index (χ3v) is 0.728. The molecule has 0 aromatic carbocycles. The maximum atomic E-state index is 10.1. The zero-order chi connectivity index (χ0) is 7.44. The highest BCUT2D eigenvalue weighted by Crippen LogP contribution is 1.79. The molecule has 0 bridgehead atoms. The van der Waals surface area contributed by atoms with Crippen LogP contribution in [0, 0.1) is 10.1 Å². The van der Waals surface area contributed by atoms with Crippen LogP contribution in [0.1, 0.15) is 13.8 Å². The molecule has 0 aliphatic heterocycles. The van der Waals surface area contributed by atoms with Gasteiger partial charge in [0, 0.05) is 18.8 Å². The van der Waals surface area contributed by atoms with Crippen LogP contribution in [0.4, 0.5) is 0 Å². The summed E-state index contributed by atoms with van der Waals surface area (Å²) < 4.78 is 0. The van der Waals surface area contributed by atoms with E-state index in [-0.39, 0.29) is 5.91 Å². The van der Waals surface area contributed by atoms with Gasteiger partial charge in [0.1, 0.15) is 0 Å². The van der Waals surface area contributed by atoms with Crippen molar-refractivity contribution in [2.24, 2.45) is 0 Å². The van der Waals surface area contributed by atoms with Crippen LogP contribution >= 0.6 is 0 Å². The zero-order valence-corrected chi connectivity index (χ0v) is 5.25. The summed E-state index contributed by atoms with van der Waals surface area (Å²) in [5.74, 6) is -0.390. The van der Waals surface area contributed by atoms with Crippen molar-refractivity contribution in [3.05, 3.63) is 10.1 Å². The summed E-state index contributed by atoms with van der Waals surface area (Å²) in [6, 6.07) is 0. The van der Waals surface area contributed by atoms with Crippen LogP contribution < -0.4 is 5.32 Å². The van der Waals surface area contributed by atoms with Gasteiger partial charge in [0.05, 0.1) is 0 Å². The van der Waals surface area contributed by atoms with Crippen LogP contribution in [-0.2, 0) is 4.79 Å². The number of nitro groups is 1. The van der Waals surface area contributed by atoms with E-state index in [2.05, 4.69) is 5.32 Å². The molecule has 0 rings (SSSR count). The Morgan fingerprint density at radius 2 is 2.22 bits per heavy atom. The van der Waals surface area contributed by atoms with Crippen molar-refractivity contribution in [3.8, 4) is 0 Å². The van der Waals surface area contributed by atoms with E-state index in [0.717, 1.165) is 0 Å². The van der Waals surface area contributed by atoms with Gasteiger partial charge in [-0.15, -0.1) is 0 Å². The summed E-state index contributed by atoms with van der Waals surface area (Å²) >= 11 is 0. The Hall–Kier alpha value is -1.13. The lowest BCUT2D eigenvalue weighted by molar-refractivity contribution is -0.522. The molecule has 0 aliphatic carbocycles. The lowest BCUT2D eigenvalue weighted by Crippen LogP contribution is -2.36. The molecule has 5 nitrogen and oxygen atoms in total. The number of amides is 1. The second-order valence-corrected chi connectivity index (χ2v) is 1.66. The molecule has 0 spiro atoms. The van der Waals surface area contributed by atoms with Gasteiger partial charge in [-0.25, -0.2) is 0 Å². The summed E-state index contributed by atoms with van der Waals surface area (Å²) in [5, 5.41) is 11.9. The molecule has 0 heterocycles. The summed E-state index contributed by atoms with van der Waals surface area (Å²) in [6.07, 6.45) is -0.984. The molecule has 0 aliphatic rings. The van der Waals surface area contributed by atoms with Crippen LogP contribution in [0.3, 0.4) is 0 Å². The Morgan fingerprint density at radius 1 is 1.78 bits per heavy atom. The maximum absolute atomic E-state index is 10.1. The maximum Gasteiger partial charge on any atom is 0.284 e. The van der Waals surface area contributed by atoms with Gasteiger partial charge in [0.15, 0.2) is 0 Å². The van der Waals surface area contributed by atoms with Gasteiger partial charge in [-0.1, -0.05) is 0 Å². The first-order valence-corrected chi connectivity index (χ1v) is 2.44. The SMILES string of the molecule is CC(=O)NC(C)[N+](=O)[O-]. The fraction of sp³-hybridized carbons (Fsp3) is 0.750. The predicted octanol–water partition coefficient (Wildman–Crippen LogP) is -0.255. The molecule has 0 aromatic rings. The summed E-state index contributed by atoms with van der Waals surface area (Å²) in [5.41, 5.74) is 0. The molecule has 1 unspecified atom stereocenters. The first-order chi connectivity index (χ1) is 4.04. The fourth-order valence-corrected chi connectivity index (χ4v) is 0.347. The van der Waals surface area contributed by atoms with Crippen LogP contribution in [-0.4, -0.2) is 17.0 Å². The Kier molecular flexibility index (Phi) is 2.63. The predicted molar refractivity (Wildman–Crippen MR) is 30.3 cm³/mol.